The number of carbonyl (C=O) groups is 1. The molecular formula is C19H18N2O3S2. The van der Waals surface area contributed by atoms with E-state index in [1.165, 1.54) is 30.4 Å². The van der Waals surface area contributed by atoms with E-state index in [1.807, 2.05) is 47.8 Å². The molecule has 0 aliphatic carbocycles. The number of anilines is 1. The third-order valence-electron chi connectivity index (χ3n) is 3.72. The van der Waals surface area contributed by atoms with E-state index in [4.69, 9.17) is 0 Å². The van der Waals surface area contributed by atoms with Crippen LogP contribution in [0.1, 0.15) is 23.4 Å². The molecule has 1 heterocycles. The van der Waals surface area contributed by atoms with Gasteiger partial charge in [0.15, 0.2) is 0 Å². The van der Waals surface area contributed by atoms with E-state index >= 15 is 0 Å². The zero-order valence-electron chi connectivity index (χ0n) is 14.0. The van der Waals surface area contributed by atoms with Gasteiger partial charge in [0.2, 0.25) is 15.9 Å². The molecule has 2 N–H and O–H groups in total. The molecule has 26 heavy (non-hydrogen) atoms. The van der Waals surface area contributed by atoms with E-state index in [0.29, 0.717) is 5.69 Å². The Morgan fingerprint density at radius 3 is 2.23 bits per heavy atom. The van der Waals surface area contributed by atoms with Crippen LogP contribution in [0.15, 0.2) is 77.0 Å². The maximum absolute atomic E-state index is 12.9. The van der Waals surface area contributed by atoms with Crippen LogP contribution >= 0.6 is 11.3 Å². The van der Waals surface area contributed by atoms with Crippen molar-refractivity contribution in [1.29, 1.82) is 0 Å². The molecule has 1 aromatic heterocycles. The SMILES string of the molecule is CC(=O)Nc1ccc(S(=O)(=O)N[C@@H](c2ccccc2)c2cccs2)cc1. The van der Waals surface area contributed by atoms with Gasteiger partial charge in [-0.15, -0.1) is 11.3 Å². The zero-order valence-corrected chi connectivity index (χ0v) is 15.7. The normalized spacial score (nSPS) is 12.5. The Morgan fingerprint density at radius 2 is 1.65 bits per heavy atom. The van der Waals surface area contributed by atoms with Crippen LogP contribution < -0.4 is 10.0 Å². The molecule has 7 heteroatoms. The van der Waals surface area contributed by atoms with Crippen molar-refractivity contribution in [3.8, 4) is 0 Å². The van der Waals surface area contributed by atoms with Gasteiger partial charge in [0.25, 0.3) is 0 Å². The summed E-state index contributed by atoms with van der Waals surface area (Å²) in [6, 6.07) is 18.9. The predicted octanol–water partition coefficient (Wildman–Crippen LogP) is 3.77. The van der Waals surface area contributed by atoms with Crippen molar-refractivity contribution in [3.05, 3.63) is 82.6 Å². The molecule has 0 spiro atoms. The van der Waals surface area contributed by atoms with Crippen LogP contribution in [-0.4, -0.2) is 14.3 Å². The minimum Gasteiger partial charge on any atom is -0.326 e. The third-order valence-corrected chi connectivity index (χ3v) is 6.09. The number of hydrogen-bond donors (Lipinski definition) is 2. The highest BCUT2D eigenvalue weighted by molar-refractivity contribution is 7.89. The lowest BCUT2D eigenvalue weighted by Gasteiger charge is -2.18. The maximum Gasteiger partial charge on any atom is 0.241 e. The molecule has 0 unspecified atom stereocenters. The van der Waals surface area contributed by atoms with Crippen LogP contribution in [0.3, 0.4) is 0 Å². The Hall–Kier alpha value is -2.48. The van der Waals surface area contributed by atoms with Crippen molar-refractivity contribution >= 4 is 33.0 Å². The highest BCUT2D eigenvalue weighted by atomic mass is 32.2. The molecule has 0 saturated heterocycles. The summed E-state index contributed by atoms with van der Waals surface area (Å²) in [5, 5.41) is 4.54. The van der Waals surface area contributed by atoms with Gasteiger partial charge in [0, 0.05) is 17.5 Å². The zero-order chi connectivity index (χ0) is 18.6. The van der Waals surface area contributed by atoms with Gasteiger partial charge in [-0.3, -0.25) is 4.79 Å². The molecule has 3 rings (SSSR count). The van der Waals surface area contributed by atoms with Crippen LogP contribution in [-0.2, 0) is 14.8 Å². The summed E-state index contributed by atoms with van der Waals surface area (Å²) in [4.78, 5) is 12.1. The second kappa shape index (κ2) is 7.82. The third kappa shape index (κ3) is 4.37. The quantitative estimate of drug-likeness (QED) is 0.677. The number of sulfonamides is 1. The van der Waals surface area contributed by atoms with Crippen LogP contribution in [0, 0.1) is 0 Å². The molecule has 0 fully saturated rings. The predicted molar refractivity (Wildman–Crippen MR) is 104 cm³/mol. The lowest BCUT2D eigenvalue weighted by atomic mass is 10.1. The molecule has 5 nitrogen and oxygen atoms in total. The Balaban J connectivity index is 1.89. The molecule has 1 atom stereocenters. The Morgan fingerprint density at radius 1 is 0.962 bits per heavy atom. The first kappa shape index (κ1) is 18.3. The summed E-state index contributed by atoms with van der Waals surface area (Å²) in [6.07, 6.45) is 0. The first-order valence-corrected chi connectivity index (χ1v) is 10.3. The van der Waals surface area contributed by atoms with E-state index < -0.39 is 16.1 Å². The lowest BCUT2D eigenvalue weighted by molar-refractivity contribution is -0.114. The number of nitrogens with one attached hydrogen (secondary N) is 2. The molecule has 0 aliphatic rings. The maximum atomic E-state index is 12.9. The van der Waals surface area contributed by atoms with Gasteiger partial charge in [0.1, 0.15) is 0 Å². The molecule has 0 aliphatic heterocycles. The van der Waals surface area contributed by atoms with E-state index in [2.05, 4.69) is 10.0 Å². The second-order valence-electron chi connectivity index (χ2n) is 5.69. The van der Waals surface area contributed by atoms with Gasteiger partial charge in [-0.1, -0.05) is 36.4 Å². The van der Waals surface area contributed by atoms with Crippen LogP contribution in [0.25, 0.3) is 0 Å². The Kier molecular flexibility index (Phi) is 5.51. The molecule has 3 aromatic rings. The molecule has 1 amide bonds. The van der Waals surface area contributed by atoms with E-state index in [0.717, 1.165) is 10.4 Å². The van der Waals surface area contributed by atoms with Gasteiger partial charge in [-0.2, -0.15) is 4.72 Å². The summed E-state index contributed by atoms with van der Waals surface area (Å²) >= 11 is 1.50. The average Bonchev–Trinajstić information content (AvgIpc) is 3.15. The molecule has 0 bridgehead atoms. The molecule has 134 valence electrons. The second-order valence-corrected chi connectivity index (χ2v) is 8.38. The van der Waals surface area contributed by atoms with Crippen LogP contribution in [0.5, 0.6) is 0 Å². The molecule has 0 radical (unpaired) electrons. The average molecular weight is 386 g/mol. The Bertz CT molecular complexity index is 967. The smallest absolute Gasteiger partial charge is 0.241 e. The lowest BCUT2D eigenvalue weighted by Crippen LogP contribution is -2.29. The van der Waals surface area contributed by atoms with Crippen molar-refractivity contribution in [2.45, 2.75) is 17.9 Å². The number of thiophene rings is 1. The van der Waals surface area contributed by atoms with E-state index in [1.54, 1.807) is 12.1 Å². The highest BCUT2D eigenvalue weighted by Crippen LogP contribution is 2.28. The minimum atomic E-state index is -3.73. The standard InChI is InChI=1S/C19H18N2O3S2/c1-14(22)20-16-9-11-17(12-10-16)26(23,24)21-19(18-8-5-13-25-18)15-6-3-2-4-7-15/h2-13,19,21H,1H3,(H,20,22)/t19-/m0/s1. The summed E-state index contributed by atoms with van der Waals surface area (Å²) in [5.74, 6) is -0.208. The van der Waals surface area contributed by atoms with Crippen molar-refractivity contribution in [3.63, 3.8) is 0 Å². The first-order chi connectivity index (χ1) is 12.5. The van der Waals surface area contributed by atoms with Crippen molar-refractivity contribution in [2.75, 3.05) is 5.32 Å². The van der Waals surface area contributed by atoms with Gasteiger partial charge in [0.05, 0.1) is 10.9 Å². The number of hydrogen-bond acceptors (Lipinski definition) is 4. The fourth-order valence-electron chi connectivity index (χ4n) is 2.54. The Labute approximate surface area is 156 Å². The van der Waals surface area contributed by atoms with Gasteiger partial charge < -0.3 is 5.32 Å². The summed E-state index contributed by atoms with van der Waals surface area (Å²) < 4.78 is 28.5. The van der Waals surface area contributed by atoms with Crippen molar-refractivity contribution in [2.24, 2.45) is 0 Å². The highest BCUT2D eigenvalue weighted by Gasteiger charge is 2.23. The number of carbonyl (C=O) groups excluding carboxylic acids is 1. The fraction of sp³-hybridized carbons (Fsp3) is 0.105. The fourth-order valence-corrected chi connectivity index (χ4v) is 4.62. The van der Waals surface area contributed by atoms with Gasteiger partial charge in [-0.05, 0) is 41.3 Å². The van der Waals surface area contributed by atoms with E-state index in [-0.39, 0.29) is 10.8 Å². The van der Waals surface area contributed by atoms with Crippen LogP contribution in [0.2, 0.25) is 0 Å². The number of amides is 1. The molecule has 2 aromatic carbocycles. The topological polar surface area (TPSA) is 75.3 Å². The summed E-state index contributed by atoms with van der Waals surface area (Å²) in [5.41, 5.74) is 1.42. The number of rotatable bonds is 6. The van der Waals surface area contributed by atoms with Gasteiger partial charge >= 0.3 is 0 Å². The van der Waals surface area contributed by atoms with Gasteiger partial charge in [-0.25, -0.2) is 8.42 Å². The molecular weight excluding hydrogens is 368 g/mol. The minimum absolute atomic E-state index is 0.143. The van der Waals surface area contributed by atoms with Crippen molar-refractivity contribution < 1.29 is 13.2 Å². The first-order valence-electron chi connectivity index (χ1n) is 7.94. The number of benzene rings is 2. The molecule has 0 saturated carbocycles. The monoisotopic (exact) mass is 386 g/mol. The largest absolute Gasteiger partial charge is 0.326 e. The van der Waals surface area contributed by atoms with Crippen LogP contribution in [0.4, 0.5) is 5.69 Å². The van der Waals surface area contributed by atoms with E-state index in [9.17, 15) is 13.2 Å². The summed E-state index contributed by atoms with van der Waals surface area (Å²) in [7, 11) is -3.73. The summed E-state index contributed by atoms with van der Waals surface area (Å²) in [6.45, 7) is 1.40. The van der Waals surface area contributed by atoms with Crippen molar-refractivity contribution in [1.82, 2.24) is 4.72 Å².